The van der Waals surface area contributed by atoms with Gasteiger partial charge in [0.25, 0.3) is 0 Å². The third-order valence-electron chi connectivity index (χ3n) is 15.0. The Labute approximate surface area is 415 Å². The minimum atomic E-state index is -1.13. The Hall–Kier alpha value is -0.650. The summed E-state index contributed by atoms with van der Waals surface area (Å²) in [5.74, 6) is -0.135. The molecule has 0 spiro atoms. The molecule has 5 nitrogen and oxygen atoms in total. The average molecular weight is 935 g/mol. The summed E-state index contributed by atoms with van der Waals surface area (Å²) in [5.41, 5.74) is 0. The fourth-order valence-corrected chi connectivity index (χ4v) is 10.2. The van der Waals surface area contributed by atoms with Gasteiger partial charge in [-0.3, -0.25) is 4.79 Å². The zero-order valence-electron chi connectivity index (χ0n) is 45.4. The van der Waals surface area contributed by atoms with Crippen molar-refractivity contribution in [3.05, 3.63) is 0 Å². The predicted molar refractivity (Wildman–Crippen MR) is 292 cm³/mol. The zero-order chi connectivity index (χ0) is 47.9. The molecule has 0 aliphatic rings. The van der Waals surface area contributed by atoms with Crippen LogP contribution in [0.2, 0.25) is 0 Å². The Balaban J connectivity index is 3.40. The quantitative estimate of drug-likeness (QED) is 0.0458. The standard InChI is InChI=1S/C61H123NO4/c1-3-5-7-9-11-13-15-17-19-21-22-23-24-25-26-27-28-29-30-31-32-33-34-35-36-37-38-39-40-42-44-46-48-50-52-54-56-60(65)62-58(57-63)61(66)59(64)55-53-51-49-47-45-43-41-20-18-16-14-12-10-8-6-4-2/h58-59,61,63-64,66H,3-57H2,1-2H3,(H,62,65)/t58-,59+,61-/m0/s1. The van der Waals surface area contributed by atoms with Crippen molar-refractivity contribution in [3.63, 3.8) is 0 Å². The second kappa shape index (κ2) is 56.9. The fraction of sp³-hybridized carbons (Fsp3) is 0.984. The highest BCUT2D eigenvalue weighted by molar-refractivity contribution is 5.76. The number of hydrogen-bond donors (Lipinski definition) is 4. The van der Waals surface area contributed by atoms with Crippen molar-refractivity contribution >= 4 is 5.91 Å². The van der Waals surface area contributed by atoms with Gasteiger partial charge in [0.2, 0.25) is 5.91 Å². The molecule has 3 atom stereocenters. The van der Waals surface area contributed by atoms with Gasteiger partial charge in [0.1, 0.15) is 6.10 Å². The topological polar surface area (TPSA) is 89.8 Å². The molecule has 0 unspecified atom stereocenters. The summed E-state index contributed by atoms with van der Waals surface area (Å²) in [5, 5.41) is 33.8. The second-order valence-corrected chi connectivity index (χ2v) is 21.6. The Kier molecular flexibility index (Phi) is 56.4. The maximum atomic E-state index is 12.5. The van der Waals surface area contributed by atoms with E-state index in [9.17, 15) is 20.1 Å². The van der Waals surface area contributed by atoms with Crippen LogP contribution in [0.4, 0.5) is 0 Å². The molecule has 0 aromatic carbocycles. The molecule has 5 heteroatoms. The van der Waals surface area contributed by atoms with E-state index in [0.29, 0.717) is 12.8 Å². The highest BCUT2D eigenvalue weighted by atomic mass is 16.3. The van der Waals surface area contributed by atoms with Crippen LogP contribution in [0.3, 0.4) is 0 Å². The lowest BCUT2D eigenvalue weighted by Gasteiger charge is -2.26. The summed E-state index contributed by atoms with van der Waals surface area (Å²) in [6.45, 7) is 4.22. The molecule has 1 amide bonds. The Bertz CT molecular complexity index is 898. The van der Waals surface area contributed by atoms with Gasteiger partial charge in [-0.2, -0.15) is 0 Å². The van der Waals surface area contributed by atoms with Crippen molar-refractivity contribution in [2.75, 3.05) is 6.61 Å². The molecular weight excluding hydrogens is 811 g/mol. The molecule has 396 valence electrons. The molecule has 0 rings (SSSR count). The van der Waals surface area contributed by atoms with Crippen LogP contribution < -0.4 is 5.32 Å². The lowest BCUT2D eigenvalue weighted by molar-refractivity contribution is -0.124. The lowest BCUT2D eigenvalue weighted by atomic mass is 9.99. The van der Waals surface area contributed by atoms with Gasteiger partial charge in [-0.25, -0.2) is 0 Å². The van der Waals surface area contributed by atoms with Crippen LogP contribution in [0.5, 0.6) is 0 Å². The number of unbranched alkanes of at least 4 members (excludes halogenated alkanes) is 50. The minimum Gasteiger partial charge on any atom is -0.394 e. The molecule has 0 radical (unpaired) electrons. The maximum Gasteiger partial charge on any atom is 0.220 e. The van der Waals surface area contributed by atoms with Crippen molar-refractivity contribution in [1.29, 1.82) is 0 Å². The normalized spacial score (nSPS) is 13.1. The van der Waals surface area contributed by atoms with Crippen LogP contribution in [0.25, 0.3) is 0 Å². The van der Waals surface area contributed by atoms with Crippen LogP contribution in [0.1, 0.15) is 361 Å². The Morgan fingerprint density at radius 3 is 0.727 bits per heavy atom. The molecule has 0 bridgehead atoms. The van der Waals surface area contributed by atoms with Gasteiger partial charge < -0.3 is 20.6 Å². The highest BCUT2D eigenvalue weighted by Crippen LogP contribution is 2.19. The van der Waals surface area contributed by atoms with Crippen molar-refractivity contribution < 1.29 is 20.1 Å². The maximum absolute atomic E-state index is 12.5. The van der Waals surface area contributed by atoms with Crippen LogP contribution >= 0.6 is 0 Å². The first-order chi connectivity index (χ1) is 32.6. The van der Waals surface area contributed by atoms with Gasteiger partial charge in [-0.05, 0) is 12.8 Å². The molecule has 0 aromatic rings. The monoisotopic (exact) mass is 934 g/mol. The zero-order valence-corrected chi connectivity index (χ0v) is 45.4. The highest BCUT2D eigenvalue weighted by Gasteiger charge is 2.26. The van der Waals surface area contributed by atoms with E-state index in [2.05, 4.69) is 19.2 Å². The number of carbonyl (C=O) groups excluding carboxylic acids is 1. The summed E-state index contributed by atoms with van der Waals surface area (Å²) in [6.07, 6.45) is 70.1. The molecule has 0 aliphatic carbocycles. The van der Waals surface area contributed by atoms with Gasteiger partial charge in [-0.15, -0.1) is 0 Å². The number of aliphatic hydroxyl groups excluding tert-OH is 3. The van der Waals surface area contributed by atoms with E-state index < -0.39 is 18.2 Å². The fourth-order valence-electron chi connectivity index (χ4n) is 10.2. The van der Waals surface area contributed by atoms with Crippen molar-refractivity contribution in [1.82, 2.24) is 5.32 Å². The van der Waals surface area contributed by atoms with E-state index in [1.807, 2.05) is 0 Å². The van der Waals surface area contributed by atoms with Gasteiger partial charge in [0, 0.05) is 6.42 Å². The summed E-state index contributed by atoms with van der Waals surface area (Å²) >= 11 is 0. The van der Waals surface area contributed by atoms with E-state index in [1.165, 1.54) is 302 Å². The first kappa shape index (κ1) is 65.3. The number of carbonyl (C=O) groups is 1. The van der Waals surface area contributed by atoms with Gasteiger partial charge >= 0.3 is 0 Å². The van der Waals surface area contributed by atoms with Crippen LogP contribution in [-0.2, 0) is 4.79 Å². The van der Waals surface area contributed by atoms with E-state index in [1.54, 1.807) is 0 Å². The molecule has 0 aliphatic heterocycles. The molecule has 0 heterocycles. The molecule has 66 heavy (non-hydrogen) atoms. The van der Waals surface area contributed by atoms with E-state index >= 15 is 0 Å². The van der Waals surface area contributed by atoms with Crippen molar-refractivity contribution in [2.24, 2.45) is 0 Å². The summed E-state index contributed by atoms with van der Waals surface area (Å²) in [6, 6.07) is -0.804. The van der Waals surface area contributed by atoms with Crippen LogP contribution in [0, 0.1) is 0 Å². The third-order valence-corrected chi connectivity index (χ3v) is 15.0. The number of nitrogens with one attached hydrogen (secondary N) is 1. The molecule has 0 saturated carbocycles. The van der Waals surface area contributed by atoms with E-state index in [4.69, 9.17) is 0 Å². The molecule has 0 aromatic heterocycles. The molecule has 4 N–H and O–H groups in total. The molecular formula is C61H123NO4. The Morgan fingerprint density at radius 1 is 0.318 bits per heavy atom. The van der Waals surface area contributed by atoms with E-state index in [0.717, 1.165) is 32.1 Å². The van der Waals surface area contributed by atoms with Gasteiger partial charge in [0.15, 0.2) is 0 Å². The lowest BCUT2D eigenvalue weighted by Crippen LogP contribution is -2.50. The first-order valence-corrected chi connectivity index (χ1v) is 30.8. The molecule has 0 fully saturated rings. The van der Waals surface area contributed by atoms with E-state index in [-0.39, 0.29) is 12.5 Å². The third kappa shape index (κ3) is 51.2. The van der Waals surface area contributed by atoms with Gasteiger partial charge in [-0.1, -0.05) is 341 Å². The number of aliphatic hydroxyl groups is 3. The predicted octanol–water partition coefficient (Wildman–Crippen LogP) is 19.3. The first-order valence-electron chi connectivity index (χ1n) is 30.8. The van der Waals surface area contributed by atoms with Crippen LogP contribution in [-0.4, -0.2) is 46.1 Å². The van der Waals surface area contributed by atoms with Crippen molar-refractivity contribution in [3.8, 4) is 0 Å². The van der Waals surface area contributed by atoms with Crippen molar-refractivity contribution in [2.45, 2.75) is 379 Å². The summed E-state index contributed by atoms with van der Waals surface area (Å²) in [4.78, 5) is 12.5. The largest absolute Gasteiger partial charge is 0.394 e. The summed E-state index contributed by atoms with van der Waals surface area (Å²) < 4.78 is 0. The molecule has 0 saturated heterocycles. The Morgan fingerprint density at radius 2 is 0.515 bits per heavy atom. The van der Waals surface area contributed by atoms with Crippen LogP contribution in [0.15, 0.2) is 0 Å². The number of rotatable bonds is 58. The smallest absolute Gasteiger partial charge is 0.220 e. The van der Waals surface area contributed by atoms with Gasteiger partial charge in [0.05, 0.1) is 18.8 Å². The number of amides is 1. The summed E-state index contributed by atoms with van der Waals surface area (Å²) in [7, 11) is 0. The minimum absolute atomic E-state index is 0.135. The SMILES string of the molecule is CCCCCCCCCCCCCCCCCCCCCCCCCCCCCCCCCCCCCCC(=O)N[C@@H](CO)[C@H](O)[C@H](O)CCCCCCCCCCCCCCCCCC. The second-order valence-electron chi connectivity index (χ2n) is 21.6. The average Bonchev–Trinajstić information content (AvgIpc) is 3.32. The number of hydrogen-bond acceptors (Lipinski definition) is 4.